The van der Waals surface area contributed by atoms with Crippen molar-refractivity contribution in [2.45, 2.75) is 19.5 Å². The summed E-state index contributed by atoms with van der Waals surface area (Å²) in [5.74, 6) is 0.107. The highest BCUT2D eigenvalue weighted by atomic mass is 79.9. The van der Waals surface area contributed by atoms with Crippen molar-refractivity contribution in [3.8, 4) is 23.0 Å². The van der Waals surface area contributed by atoms with Crippen molar-refractivity contribution < 1.29 is 37.1 Å². The molecule has 0 saturated heterocycles. The molecule has 14 heteroatoms. The standard InChI is InChI=1S/C25H20Br2F3N3O6/c1-3-8-38-21-6-4-15(11-22(21)37-2)24(34)32-31-13-14-9-17(26)23(18(27)10-14)39-20-7-5-16(25(28,29)30)12-19(20)33(35)36/h4-7,9-13H,3,8H2,1-2H3,(H,32,34)/b31-13+. The molecular weight excluding hydrogens is 655 g/mol. The molecule has 0 fully saturated rings. The van der Waals surface area contributed by atoms with E-state index in [1.54, 1.807) is 12.1 Å². The first-order valence-electron chi connectivity index (χ1n) is 11.1. The first kappa shape index (κ1) is 29.9. The molecule has 1 N–H and O–H groups in total. The lowest BCUT2D eigenvalue weighted by atomic mass is 10.2. The Balaban J connectivity index is 1.75. The third-order valence-corrected chi connectivity index (χ3v) is 6.16. The molecule has 0 aromatic heterocycles. The molecule has 1 amide bonds. The molecular formula is C25H20Br2F3N3O6. The smallest absolute Gasteiger partial charge is 0.416 e. The van der Waals surface area contributed by atoms with E-state index in [0.29, 0.717) is 44.7 Å². The molecule has 3 rings (SSSR count). The number of carbonyl (C=O) groups is 1. The summed E-state index contributed by atoms with van der Waals surface area (Å²) in [6.45, 7) is 2.47. The predicted octanol–water partition coefficient (Wildman–Crippen LogP) is 7.49. The number of carbonyl (C=O) groups excluding carboxylic acids is 1. The fourth-order valence-corrected chi connectivity index (χ4v) is 4.54. The first-order chi connectivity index (χ1) is 18.4. The van der Waals surface area contributed by atoms with Crippen LogP contribution in [0.4, 0.5) is 18.9 Å². The monoisotopic (exact) mass is 673 g/mol. The van der Waals surface area contributed by atoms with Gasteiger partial charge in [0.05, 0.1) is 39.4 Å². The quantitative estimate of drug-likeness (QED) is 0.135. The summed E-state index contributed by atoms with van der Waals surface area (Å²) in [5.41, 5.74) is 1.15. The van der Waals surface area contributed by atoms with Crippen LogP contribution in [-0.2, 0) is 6.18 Å². The number of benzene rings is 3. The van der Waals surface area contributed by atoms with Crippen LogP contribution >= 0.6 is 31.9 Å². The summed E-state index contributed by atoms with van der Waals surface area (Å²) in [6.07, 6.45) is -2.60. The fourth-order valence-electron chi connectivity index (χ4n) is 3.15. The second kappa shape index (κ2) is 12.9. The minimum Gasteiger partial charge on any atom is -0.493 e. The number of hydrogen-bond donors (Lipinski definition) is 1. The van der Waals surface area contributed by atoms with Gasteiger partial charge in [0, 0.05) is 11.6 Å². The van der Waals surface area contributed by atoms with Gasteiger partial charge in [-0.05, 0) is 86.3 Å². The third kappa shape index (κ3) is 7.69. The molecule has 0 atom stereocenters. The van der Waals surface area contributed by atoms with E-state index in [9.17, 15) is 28.1 Å². The largest absolute Gasteiger partial charge is 0.493 e. The van der Waals surface area contributed by atoms with Gasteiger partial charge >= 0.3 is 11.9 Å². The molecule has 0 bridgehead atoms. The number of nitrogens with one attached hydrogen (secondary N) is 1. The van der Waals surface area contributed by atoms with Crippen LogP contribution in [0.1, 0.15) is 34.8 Å². The summed E-state index contributed by atoms with van der Waals surface area (Å²) in [6, 6.07) is 9.76. The van der Waals surface area contributed by atoms with Crippen LogP contribution < -0.4 is 19.6 Å². The minimum absolute atomic E-state index is 0.0801. The maximum atomic E-state index is 13.0. The van der Waals surface area contributed by atoms with E-state index in [1.165, 1.54) is 31.5 Å². The number of nitro benzene ring substituents is 1. The number of alkyl halides is 3. The molecule has 9 nitrogen and oxygen atoms in total. The molecule has 0 heterocycles. The Hall–Kier alpha value is -3.65. The van der Waals surface area contributed by atoms with E-state index in [0.717, 1.165) is 12.5 Å². The highest BCUT2D eigenvalue weighted by molar-refractivity contribution is 9.11. The number of halogens is 5. The summed E-state index contributed by atoms with van der Waals surface area (Å²) >= 11 is 6.56. The van der Waals surface area contributed by atoms with Crippen LogP contribution in [0.3, 0.4) is 0 Å². The lowest BCUT2D eigenvalue weighted by molar-refractivity contribution is -0.385. The summed E-state index contributed by atoms with van der Waals surface area (Å²) in [7, 11) is 1.47. The normalized spacial score (nSPS) is 11.4. The molecule has 0 aliphatic rings. The first-order valence-corrected chi connectivity index (χ1v) is 12.7. The van der Waals surface area contributed by atoms with Crippen molar-refractivity contribution in [1.29, 1.82) is 0 Å². The number of hydrogen-bond acceptors (Lipinski definition) is 7. The number of amides is 1. The molecule has 0 saturated carbocycles. The lowest BCUT2D eigenvalue weighted by Crippen LogP contribution is -2.17. The average molecular weight is 675 g/mol. The molecule has 3 aromatic rings. The molecule has 0 unspecified atom stereocenters. The molecule has 0 aliphatic heterocycles. The Morgan fingerprint density at radius 3 is 2.33 bits per heavy atom. The predicted molar refractivity (Wildman–Crippen MR) is 144 cm³/mol. The molecule has 206 valence electrons. The van der Waals surface area contributed by atoms with Gasteiger partial charge in [-0.25, -0.2) is 5.43 Å². The summed E-state index contributed by atoms with van der Waals surface area (Å²) in [5, 5.41) is 15.3. The van der Waals surface area contributed by atoms with E-state index in [1.807, 2.05) is 6.92 Å². The van der Waals surface area contributed by atoms with Crippen LogP contribution in [0.5, 0.6) is 23.0 Å². The van der Waals surface area contributed by atoms with E-state index in [-0.39, 0.29) is 17.1 Å². The van der Waals surface area contributed by atoms with E-state index in [4.69, 9.17) is 14.2 Å². The summed E-state index contributed by atoms with van der Waals surface area (Å²) in [4.78, 5) is 22.9. The average Bonchev–Trinajstić information content (AvgIpc) is 2.88. The van der Waals surface area contributed by atoms with Crippen LogP contribution in [-0.4, -0.2) is 30.8 Å². The molecule has 39 heavy (non-hydrogen) atoms. The highest BCUT2D eigenvalue weighted by Crippen LogP contribution is 2.42. The number of nitro groups is 1. The Morgan fingerprint density at radius 1 is 1.08 bits per heavy atom. The van der Waals surface area contributed by atoms with Crippen LogP contribution in [0.2, 0.25) is 0 Å². The van der Waals surface area contributed by atoms with Gasteiger partial charge in [-0.15, -0.1) is 0 Å². The van der Waals surface area contributed by atoms with Crippen LogP contribution in [0, 0.1) is 10.1 Å². The van der Waals surface area contributed by atoms with E-state index in [2.05, 4.69) is 42.4 Å². The van der Waals surface area contributed by atoms with Gasteiger partial charge in [-0.2, -0.15) is 18.3 Å². The van der Waals surface area contributed by atoms with Gasteiger partial charge in [0.1, 0.15) is 0 Å². The molecule has 0 spiro atoms. The number of ether oxygens (including phenoxy) is 3. The number of nitrogens with zero attached hydrogens (tertiary/aromatic N) is 2. The maximum Gasteiger partial charge on any atom is 0.416 e. The van der Waals surface area contributed by atoms with Crippen LogP contribution in [0.25, 0.3) is 0 Å². The fraction of sp³-hybridized carbons (Fsp3) is 0.200. The number of rotatable bonds is 10. The Morgan fingerprint density at radius 2 is 1.74 bits per heavy atom. The molecule has 3 aromatic carbocycles. The van der Waals surface area contributed by atoms with E-state index >= 15 is 0 Å². The zero-order valence-electron chi connectivity index (χ0n) is 20.3. The van der Waals surface area contributed by atoms with Gasteiger partial charge in [-0.3, -0.25) is 14.9 Å². The Kier molecular flexibility index (Phi) is 9.92. The van der Waals surface area contributed by atoms with Gasteiger partial charge in [0.2, 0.25) is 5.75 Å². The Labute approximate surface area is 237 Å². The number of methoxy groups -OCH3 is 1. The van der Waals surface area contributed by atoms with Gasteiger partial charge in [0.15, 0.2) is 17.2 Å². The van der Waals surface area contributed by atoms with Crippen molar-refractivity contribution in [2.75, 3.05) is 13.7 Å². The Bertz CT molecular complexity index is 1390. The second-order valence-electron chi connectivity index (χ2n) is 7.77. The van der Waals surface area contributed by atoms with Gasteiger partial charge < -0.3 is 14.2 Å². The van der Waals surface area contributed by atoms with Crippen molar-refractivity contribution >= 4 is 49.7 Å². The highest BCUT2D eigenvalue weighted by Gasteiger charge is 2.33. The van der Waals surface area contributed by atoms with Crippen LogP contribution in [0.15, 0.2) is 62.6 Å². The zero-order valence-corrected chi connectivity index (χ0v) is 23.5. The SMILES string of the molecule is CCCOc1ccc(C(=O)N/N=C/c2cc(Br)c(Oc3ccc(C(F)(F)F)cc3[N+](=O)[O-])c(Br)c2)cc1OC. The van der Waals surface area contributed by atoms with Gasteiger partial charge in [0.25, 0.3) is 5.91 Å². The summed E-state index contributed by atoms with van der Waals surface area (Å²) < 4.78 is 56.0. The topological polar surface area (TPSA) is 112 Å². The zero-order chi connectivity index (χ0) is 28.7. The van der Waals surface area contributed by atoms with Crippen molar-refractivity contribution in [2.24, 2.45) is 5.10 Å². The lowest BCUT2D eigenvalue weighted by Gasteiger charge is -2.13. The minimum atomic E-state index is -4.75. The van der Waals surface area contributed by atoms with Gasteiger partial charge in [-0.1, -0.05) is 6.92 Å². The third-order valence-electron chi connectivity index (χ3n) is 4.98. The maximum absolute atomic E-state index is 13.0. The number of hydrazone groups is 1. The van der Waals surface area contributed by atoms with Crippen molar-refractivity contribution in [3.63, 3.8) is 0 Å². The van der Waals surface area contributed by atoms with Crippen molar-refractivity contribution in [1.82, 2.24) is 5.43 Å². The molecule has 0 aliphatic carbocycles. The van der Waals surface area contributed by atoms with Crippen molar-refractivity contribution in [3.05, 3.63) is 84.3 Å². The molecule has 0 radical (unpaired) electrons. The van der Waals surface area contributed by atoms with E-state index < -0.39 is 28.3 Å². The second-order valence-corrected chi connectivity index (χ2v) is 9.48.